The zero-order valence-electron chi connectivity index (χ0n) is 9.57. The van der Waals surface area contributed by atoms with Crippen molar-refractivity contribution < 1.29 is 12.8 Å². The topological polar surface area (TPSA) is 46.2 Å². The van der Waals surface area contributed by atoms with Crippen molar-refractivity contribution in [1.29, 1.82) is 0 Å². The van der Waals surface area contributed by atoms with E-state index in [0.717, 1.165) is 18.9 Å². The van der Waals surface area contributed by atoms with E-state index in [4.69, 9.17) is 0 Å². The standard InChI is InChI=1S/C12H13BrFNO2S/c13-9-6-7-12(11(14)8-9)18(16,17)15-10-4-2-1-3-5-10/h1-2,6-8,10,15H,3-5H2. The van der Waals surface area contributed by atoms with E-state index in [2.05, 4.69) is 20.7 Å². The maximum Gasteiger partial charge on any atom is 0.243 e. The third-order valence-electron chi connectivity index (χ3n) is 2.77. The van der Waals surface area contributed by atoms with E-state index in [1.54, 1.807) is 0 Å². The predicted molar refractivity (Wildman–Crippen MR) is 71.2 cm³/mol. The number of rotatable bonds is 3. The van der Waals surface area contributed by atoms with Gasteiger partial charge in [0, 0.05) is 10.5 Å². The van der Waals surface area contributed by atoms with Crippen molar-refractivity contribution in [2.45, 2.75) is 30.2 Å². The smallest absolute Gasteiger partial charge is 0.208 e. The van der Waals surface area contributed by atoms with E-state index in [9.17, 15) is 12.8 Å². The highest BCUT2D eigenvalue weighted by molar-refractivity contribution is 9.10. The van der Waals surface area contributed by atoms with Gasteiger partial charge in [-0.25, -0.2) is 17.5 Å². The number of hydrogen-bond donors (Lipinski definition) is 1. The minimum Gasteiger partial charge on any atom is -0.208 e. The molecule has 0 radical (unpaired) electrons. The highest BCUT2D eigenvalue weighted by atomic mass is 79.9. The monoisotopic (exact) mass is 333 g/mol. The van der Waals surface area contributed by atoms with E-state index in [1.807, 2.05) is 12.2 Å². The minimum absolute atomic E-state index is 0.150. The Kier molecular flexibility index (Phi) is 4.19. The van der Waals surface area contributed by atoms with Crippen molar-refractivity contribution in [1.82, 2.24) is 4.72 Å². The van der Waals surface area contributed by atoms with Crippen molar-refractivity contribution in [3.05, 3.63) is 40.6 Å². The van der Waals surface area contributed by atoms with Crippen LogP contribution < -0.4 is 4.72 Å². The SMILES string of the molecule is O=S(=O)(NC1CC=CCC1)c1ccc(Br)cc1F. The van der Waals surface area contributed by atoms with E-state index in [-0.39, 0.29) is 10.9 Å². The molecule has 0 saturated carbocycles. The molecule has 2 rings (SSSR count). The van der Waals surface area contributed by atoms with Gasteiger partial charge in [-0.3, -0.25) is 0 Å². The highest BCUT2D eigenvalue weighted by Crippen LogP contribution is 2.21. The summed E-state index contributed by atoms with van der Waals surface area (Å²) in [5.41, 5.74) is 0. The van der Waals surface area contributed by atoms with Crippen molar-refractivity contribution >= 4 is 26.0 Å². The second kappa shape index (κ2) is 5.50. The van der Waals surface area contributed by atoms with Crippen LogP contribution in [-0.4, -0.2) is 14.5 Å². The lowest BCUT2D eigenvalue weighted by molar-refractivity contribution is 0.514. The van der Waals surface area contributed by atoms with Crippen LogP contribution in [0.4, 0.5) is 4.39 Å². The molecule has 1 aliphatic rings. The van der Waals surface area contributed by atoms with Crippen LogP contribution in [0.25, 0.3) is 0 Å². The number of sulfonamides is 1. The summed E-state index contributed by atoms with van der Waals surface area (Å²) in [5.74, 6) is -0.747. The molecule has 18 heavy (non-hydrogen) atoms. The van der Waals surface area contributed by atoms with Crippen LogP contribution in [0.1, 0.15) is 19.3 Å². The van der Waals surface area contributed by atoms with E-state index >= 15 is 0 Å². The molecular weight excluding hydrogens is 321 g/mol. The van der Waals surface area contributed by atoms with Crippen molar-refractivity contribution in [3.8, 4) is 0 Å². The van der Waals surface area contributed by atoms with Crippen LogP contribution in [0.2, 0.25) is 0 Å². The van der Waals surface area contributed by atoms with Crippen LogP contribution >= 0.6 is 15.9 Å². The van der Waals surface area contributed by atoms with Gasteiger partial charge in [-0.1, -0.05) is 28.1 Å². The van der Waals surface area contributed by atoms with Gasteiger partial charge >= 0.3 is 0 Å². The fraction of sp³-hybridized carbons (Fsp3) is 0.333. The lowest BCUT2D eigenvalue weighted by Gasteiger charge is -2.19. The summed E-state index contributed by atoms with van der Waals surface area (Å²) in [5, 5.41) is 0. The number of hydrogen-bond acceptors (Lipinski definition) is 2. The predicted octanol–water partition coefficient (Wildman–Crippen LogP) is 2.98. The summed E-state index contributed by atoms with van der Waals surface area (Å²) in [6.07, 6.45) is 6.20. The Morgan fingerprint density at radius 2 is 2.11 bits per heavy atom. The summed E-state index contributed by atoms with van der Waals surface area (Å²) in [4.78, 5) is -0.305. The van der Waals surface area contributed by atoms with Crippen LogP contribution in [0.5, 0.6) is 0 Å². The first-order chi connectivity index (χ1) is 8.49. The van der Waals surface area contributed by atoms with Crippen LogP contribution in [0, 0.1) is 5.82 Å². The molecule has 0 fully saturated rings. The first kappa shape index (κ1) is 13.7. The fourth-order valence-electron chi connectivity index (χ4n) is 1.88. The largest absolute Gasteiger partial charge is 0.243 e. The minimum atomic E-state index is -3.79. The molecule has 98 valence electrons. The average molecular weight is 334 g/mol. The maximum atomic E-state index is 13.6. The highest BCUT2D eigenvalue weighted by Gasteiger charge is 2.23. The van der Waals surface area contributed by atoms with Gasteiger partial charge in [0.2, 0.25) is 10.0 Å². The molecule has 0 bridgehead atoms. The van der Waals surface area contributed by atoms with Gasteiger partial charge in [0.1, 0.15) is 10.7 Å². The Bertz CT molecular complexity index is 571. The summed E-state index contributed by atoms with van der Waals surface area (Å²) >= 11 is 3.10. The molecule has 0 aromatic heterocycles. The first-order valence-electron chi connectivity index (χ1n) is 5.61. The molecule has 6 heteroatoms. The zero-order chi connectivity index (χ0) is 13.2. The lowest BCUT2D eigenvalue weighted by atomic mass is 10.0. The summed E-state index contributed by atoms with van der Waals surface area (Å²) < 4.78 is 40.8. The molecule has 1 N–H and O–H groups in total. The molecule has 1 aromatic carbocycles. The fourth-order valence-corrected chi connectivity index (χ4v) is 3.55. The number of halogens is 2. The summed E-state index contributed by atoms with van der Waals surface area (Å²) in [7, 11) is -3.79. The van der Waals surface area contributed by atoms with Crippen LogP contribution in [0.15, 0.2) is 39.7 Å². The molecule has 1 unspecified atom stereocenters. The molecule has 1 aromatic rings. The van der Waals surface area contributed by atoms with E-state index in [1.165, 1.54) is 12.1 Å². The van der Waals surface area contributed by atoms with Gasteiger partial charge in [0.25, 0.3) is 0 Å². The molecule has 0 heterocycles. The normalized spacial score (nSPS) is 20.0. The Morgan fingerprint density at radius 3 is 2.72 bits per heavy atom. The maximum absolute atomic E-state index is 13.6. The summed E-state index contributed by atoms with van der Waals surface area (Å²) in [6.45, 7) is 0. The second-order valence-electron chi connectivity index (χ2n) is 4.18. The van der Waals surface area contributed by atoms with Gasteiger partial charge in [0.15, 0.2) is 0 Å². The Labute approximate surface area is 114 Å². The van der Waals surface area contributed by atoms with Crippen LogP contribution in [-0.2, 0) is 10.0 Å². The van der Waals surface area contributed by atoms with Gasteiger partial charge < -0.3 is 0 Å². The molecule has 1 atom stereocenters. The van der Waals surface area contributed by atoms with Crippen molar-refractivity contribution in [2.24, 2.45) is 0 Å². The average Bonchev–Trinajstić information content (AvgIpc) is 2.29. The molecular formula is C12H13BrFNO2S. The first-order valence-corrected chi connectivity index (χ1v) is 7.89. The van der Waals surface area contributed by atoms with Gasteiger partial charge in [-0.2, -0.15) is 0 Å². The number of allylic oxidation sites excluding steroid dienone is 1. The summed E-state index contributed by atoms with van der Waals surface area (Å²) in [6, 6.07) is 3.77. The molecule has 0 amide bonds. The van der Waals surface area contributed by atoms with E-state index in [0.29, 0.717) is 10.9 Å². The molecule has 0 saturated heterocycles. The molecule has 0 aliphatic heterocycles. The number of nitrogens with one attached hydrogen (secondary N) is 1. The zero-order valence-corrected chi connectivity index (χ0v) is 12.0. The Morgan fingerprint density at radius 1 is 1.33 bits per heavy atom. The molecule has 3 nitrogen and oxygen atoms in total. The molecule has 0 spiro atoms. The van der Waals surface area contributed by atoms with Gasteiger partial charge in [0.05, 0.1) is 0 Å². The third kappa shape index (κ3) is 3.18. The van der Waals surface area contributed by atoms with E-state index < -0.39 is 15.8 Å². The quantitative estimate of drug-likeness (QED) is 0.864. The number of benzene rings is 1. The Balaban J connectivity index is 2.22. The van der Waals surface area contributed by atoms with Gasteiger partial charge in [-0.05, 0) is 37.5 Å². The lowest BCUT2D eigenvalue weighted by Crippen LogP contribution is -2.35. The second-order valence-corrected chi connectivity index (χ2v) is 6.78. The third-order valence-corrected chi connectivity index (χ3v) is 4.82. The molecule has 1 aliphatic carbocycles. The van der Waals surface area contributed by atoms with Gasteiger partial charge in [-0.15, -0.1) is 0 Å². The Hall–Kier alpha value is -0.720. The van der Waals surface area contributed by atoms with Crippen molar-refractivity contribution in [3.63, 3.8) is 0 Å². The van der Waals surface area contributed by atoms with Crippen LogP contribution in [0.3, 0.4) is 0 Å². The van der Waals surface area contributed by atoms with Crippen molar-refractivity contribution in [2.75, 3.05) is 0 Å².